The van der Waals surface area contributed by atoms with Crippen LogP contribution >= 0.6 is 11.6 Å². The second-order valence-electron chi connectivity index (χ2n) is 11.1. The zero-order valence-electron chi connectivity index (χ0n) is 24.2. The minimum atomic E-state index is -3.94. The van der Waals surface area contributed by atoms with E-state index in [0.29, 0.717) is 49.9 Å². The monoisotopic (exact) mass is 633 g/mol. The molecular weight excluding hydrogens is 602 g/mol. The third-order valence-corrected chi connectivity index (χ3v) is 9.65. The van der Waals surface area contributed by atoms with Crippen LogP contribution in [0.1, 0.15) is 36.2 Å². The number of halogens is 1. The number of amides is 1. The first kappa shape index (κ1) is 29.9. The highest BCUT2D eigenvalue weighted by atomic mass is 35.5. The SMILES string of the molecule is CC(=O)N1CCN(c2nc(CCc3occc3S(N)(=O)=O)nc3c2CCN(c2cccc4cccc(Cl)c24)C3)C[C@@H]1CC#N. The summed E-state index contributed by atoms with van der Waals surface area (Å²) in [6.07, 6.45) is 2.79. The minimum Gasteiger partial charge on any atom is -0.468 e. The van der Waals surface area contributed by atoms with E-state index < -0.39 is 10.0 Å². The van der Waals surface area contributed by atoms with E-state index in [1.165, 1.54) is 19.3 Å². The van der Waals surface area contributed by atoms with Gasteiger partial charge >= 0.3 is 0 Å². The van der Waals surface area contributed by atoms with Gasteiger partial charge in [-0.2, -0.15) is 5.26 Å². The van der Waals surface area contributed by atoms with Gasteiger partial charge in [-0.25, -0.2) is 23.5 Å². The van der Waals surface area contributed by atoms with Crippen molar-refractivity contribution in [2.24, 2.45) is 5.14 Å². The van der Waals surface area contributed by atoms with E-state index >= 15 is 0 Å². The molecule has 1 saturated heterocycles. The first-order valence-corrected chi connectivity index (χ1v) is 16.4. The molecule has 0 radical (unpaired) electrons. The third kappa shape index (κ3) is 5.83. The van der Waals surface area contributed by atoms with Crippen molar-refractivity contribution in [1.82, 2.24) is 14.9 Å². The molecule has 0 unspecified atom stereocenters. The fourth-order valence-electron chi connectivity index (χ4n) is 6.31. The van der Waals surface area contributed by atoms with Crippen LogP contribution < -0.4 is 14.9 Å². The van der Waals surface area contributed by atoms with Crippen molar-refractivity contribution < 1.29 is 17.6 Å². The Kier molecular flexibility index (Phi) is 8.20. The molecule has 2 aliphatic rings. The van der Waals surface area contributed by atoms with Crippen LogP contribution in [0.3, 0.4) is 0 Å². The first-order chi connectivity index (χ1) is 21.1. The Morgan fingerprint density at radius 1 is 1.11 bits per heavy atom. The van der Waals surface area contributed by atoms with Gasteiger partial charge in [0.25, 0.3) is 0 Å². The van der Waals surface area contributed by atoms with Gasteiger partial charge in [-0.1, -0.05) is 35.9 Å². The molecule has 4 aromatic rings. The van der Waals surface area contributed by atoms with Gasteiger partial charge in [0.15, 0.2) is 0 Å². The van der Waals surface area contributed by atoms with Crippen LogP contribution in [0.15, 0.2) is 58.0 Å². The average Bonchev–Trinajstić information content (AvgIpc) is 3.49. The van der Waals surface area contributed by atoms with Gasteiger partial charge < -0.3 is 19.1 Å². The number of hydrogen-bond donors (Lipinski definition) is 1. The number of aryl methyl sites for hydroxylation is 2. The molecule has 0 saturated carbocycles. The highest BCUT2D eigenvalue weighted by molar-refractivity contribution is 7.89. The molecule has 0 spiro atoms. The molecule has 6 rings (SSSR count). The fraction of sp³-hybridized carbons (Fsp3) is 0.355. The quantitative estimate of drug-likeness (QED) is 0.320. The number of aromatic nitrogens is 2. The summed E-state index contributed by atoms with van der Waals surface area (Å²) in [6, 6.07) is 15.3. The zero-order valence-corrected chi connectivity index (χ0v) is 25.8. The van der Waals surface area contributed by atoms with E-state index in [4.69, 9.17) is 31.1 Å². The van der Waals surface area contributed by atoms with Gasteiger partial charge in [0.05, 0.1) is 42.1 Å². The van der Waals surface area contributed by atoms with Crippen LogP contribution in [0.25, 0.3) is 10.8 Å². The number of piperazine rings is 1. The average molecular weight is 634 g/mol. The van der Waals surface area contributed by atoms with Crippen LogP contribution in [0, 0.1) is 11.3 Å². The number of anilines is 2. The second kappa shape index (κ2) is 12.1. The van der Waals surface area contributed by atoms with Gasteiger partial charge in [0.2, 0.25) is 15.9 Å². The Morgan fingerprint density at radius 3 is 2.66 bits per heavy atom. The standard InChI is InChI=1S/C31H32ClN7O4S/c1-20(40)39-16-15-38(18-22(39)10-13-33)31-23-11-14-37(26-7-3-5-21-4-2-6-24(32)30(21)26)19-25(23)35-29(36-31)9-8-27-28(12-17-43-27)44(34,41)42/h2-7,12,17,22H,8-11,14-16,18-19H2,1H3,(H2,34,41,42)/t22-/m0/s1. The minimum absolute atomic E-state index is 0.0469. The van der Waals surface area contributed by atoms with E-state index in [0.717, 1.165) is 40.1 Å². The number of carbonyl (C=O) groups excluding carboxylic acids is 1. The molecule has 2 aromatic carbocycles. The third-order valence-electron chi connectivity index (χ3n) is 8.36. The molecule has 4 heterocycles. The molecule has 228 valence electrons. The molecular formula is C31H32ClN7O4S. The van der Waals surface area contributed by atoms with Gasteiger partial charge in [-0.15, -0.1) is 0 Å². The molecule has 0 bridgehead atoms. The summed E-state index contributed by atoms with van der Waals surface area (Å²) in [6.45, 7) is 4.32. The first-order valence-electron chi connectivity index (χ1n) is 14.4. The summed E-state index contributed by atoms with van der Waals surface area (Å²) in [5.41, 5.74) is 2.93. The van der Waals surface area contributed by atoms with E-state index in [1.54, 1.807) is 4.90 Å². The number of rotatable bonds is 7. The van der Waals surface area contributed by atoms with Crippen LogP contribution in [0.2, 0.25) is 5.02 Å². The van der Waals surface area contributed by atoms with Crippen LogP contribution in [0.4, 0.5) is 11.5 Å². The van der Waals surface area contributed by atoms with Crippen LogP contribution in [-0.4, -0.2) is 61.4 Å². The number of carbonyl (C=O) groups is 1. The molecule has 11 nitrogen and oxygen atoms in total. The van der Waals surface area contributed by atoms with Crippen molar-refractivity contribution in [2.45, 2.75) is 50.1 Å². The molecule has 13 heteroatoms. The molecule has 2 aliphatic heterocycles. The zero-order chi connectivity index (χ0) is 31.0. The Hall–Kier alpha value is -4.18. The number of benzene rings is 2. The summed E-state index contributed by atoms with van der Waals surface area (Å²) in [5, 5.41) is 17.6. The molecule has 1 atom stereocenters. The van der Waals surface area contributed by atoms with Crippen molar-refractivity contribution in [1.29, 1.82) is 5.26 Å². The maximum atomic E-state index is 12.3. The Bertz CT molecular complexity index is 1880. The molecule has 2 N–H and O–H groups in total. The van der Waals surface area contributed by atoms with Gasteiger partial charge in [-0.3, -0.25) is 4.79 Å². The fourth-order valence-corrected chi connectivity index (χ4v) is 7.30. The normalized spacial score (nSPS) is 17.0. The van der Waals surface area contributed by atoms with E-state index in [1.807, 2.05) is 30.3 Å². The number of fused-ring (bicyclic) bond motifs is 2. The van der Waals surface area contributed by atoms with Crippen molar-refractivity contribution in [2.75, 3.05) is 36.0 Å². The summed E-state index contributed by atoms with van der Waals surface area (Å²) in [5.74, 6) is 1.53. The van der Waals surface area contributed by atoms with Crippen LogP contribution in [0.5, 0.6) is 0 Å². The van der Waals surface area contributed by atoms with Gasteiger partial charge in [0.1, 0.15) is 22.3 Å². The predicted octanol–water partition coefficient (Wildman–Crippen LogP) is 3.82. The highest BCUT2D eigenvalue weighted by Gasteiger charge is 2.33. The Balaban J connectivity index is 1.37. The lowest BCUT2D eigenvalue weighted by Gasteiger charge is -2.42. The van der Waals surface area contributed by atoms with E-state index in [-0.39, 0.29) is 35.4 Å². The second-order valence-corrected chi connectivity index (χ2v) is 13.0. The lowest BCUT2D eigenvalue weighted by atomic mass is 10.0. The van der Waals surface area contributed by atoms with E-state index in [9.17, 15) is 18.5 Å². The summed E-state index contributed by atoms with van der Waals surface area (Å²) in [4.78, 5) is 28.4. The lowest BCUT2D eigenvalue weighted by Crippen LogP contribution is -2.55. The van der Waals surface area contributed by atoms with Crippen LogP contribution in [-0.2, 0) is 40.6 Å². The maximum absolute atomic E-state index is 12.3. The summed E-state index contributed by atoms with van der Waals surface area (Å²) < 4.78 is 29.5. The number of nitriles is 1. The highest BCUT2D eigenvalue weighted by Crippen LogP contribution is 2.37. The number of furan rings is 1. The predicted molar refractivity (Wildman–Crippen MR) is 167 cm³/mol. The molecule has 0 aliphatic carbocycles. The molecule has 1 amide bonds. The van der Waals surface area contributed by atoms with Crippen molar-refractivity contribution in [3.8, 4) is 6.07 Å². The summed E-state index contributed by atoms with van der Waals surface area (Å²) >= 11 is 6.67. The number of nitrogens with zero attached hydrogens (tertiary/aromatic N) is 6. The molecule has 2 aromatic heterocycles. The smallest absolute Gasteiger partial charge is 0.241 e. The molecule has 44 heavy (non-hydrogen) atoms. The van der Waals surface area contributed by atoms with Gasteiger partial charge in [0, 0.05) is 62.6 Å². The van der Waals surface area contributed by atoms with Crippen molar-refractivity contribution >= 4 is 49.8 Å². The molecule has 1 fully saturated rings. The maximum Gasteiger partial charge on any atom is 0.241 e. The number of sulfonamides is 1. The number of hydrogen-bond acceptors (Lipinski definition) is 9. The lowest BCUT2D eigenvalue weighted by molar-refractivity contribution is -0.131. The van der Waals surface area contributed by atoms with Crippen molar-refractivity contribution in [3.63, 3.8) is 0 Å². The van der Waals surface area contributed by atoms with E-state index in [2.05, 4.69) is 21.9 Å². The van der Waals surface area contributed by atoms with Crippen molar-refractivity contribution in [3.05, 3.63) is 76.6 Å². The summed E-state index contributed by atoms with van der Waals surface area (Å²) in [7, 11) is -3.94. The number of nitrogens with two attached hydrogens (primary N) is 1. The number of primary sulfonamides is 1. The van der Waals surface area contributed by atoms with Gasteiger partial charge in [-0.05, 0) is 30.0 Å². The topological polar surface area (TPSA) is 150 Å². The Labute approximate surface area is 260 Å². The largest absolute Gasteiger partial charge is 0.468 e. The Morgan fingerprint density at radius 2 is 1.91 bits per heavy atom.